The number of imidazole rings is 2. The Bertz CT molecular complexity index is 1370. The Morgan fingerprint density at radius 3 is 2.08 bits per heavy atom. The van der Waals surface area contributed by atoms with Gasteiger partial charge in [0.25, 0.3) is 5.91 Å². The summed E-state index contributed by atoms with van der Waals surface area (Å²) in [5, 5.41) is 9.69. The molecule has 0 aliphatic carbocycles. The summed E-state index contributed by atoms with van der Waals surface area (Å²) in [6, 6.07) is 5.53. The average Bonchev–Trinajstić information content (AvgIpc) is 3.40. The number of fused-ring (bicyclic) bond motifs is 2. The minimum absolute atomic E-state index is 0.219. The van der Waals surface area contributed by atoms with Gasteiger partial charge in [-0.15, -0.1) is 0 Å². The number of carboxylic acids is 1. The zero-order valence-corrected chi connectivity index (χ0v) is 20.1. The number of rotatable bonds is 5. The fraction of sp³-hybridized carbons (Fsp3) is 0.273. The van der Waals surface area contributed by atoms with E-state index in [0.29, 0.717) is 36.4 Å². The van der Waals surface area contributed by atoms with E-state index in [9.17, 15) is 18.0 Å². The lowest BCUT2D eigenvalue weighted by Gasteiger charge is -2.10. The van der Waals surface area contributed by atoms with Crippen LogP contribution in [0.15, 0.2) is 43.0 Å². The Kier molecular flexibility index (Phi) is 9.51. The first-order chi connectivity index (χ1) is 17.4. The molecule has 0 spiro atoms. The predicted octanol–water partition coefficient (Wildman–Crippen LogP) is 2.62. The van der Waals surface area contributed by atoms with Crippen LogP contribution in [0.4, 0.5) is 25.1 Å². The van der Waals surface area contributed by atoms with Crippen LogP contribution < -0.4 is 26.3 Å². The second kappa shape index (κ2) is 12.3. The minimum Gasteiger partial charge on any atom is -0.494 e. The van der Waals surface area contributed by atoms with Crippen LogP contribution in [0.3, 0.4) is 0 Å². The number of alkyl halides is 3. The van der Waals surface area contributed by atoms with Gasteiger partial charge in [-0.2, -0.15) is 13.2 Å². The number of anilines is 2. The van der Waals surface area contributed by atoms with E-state index in [1.807, 2.05) is 36.6 Å². The van der Waals surface area contributed by atoms with Crippen LogP contribution in [0.5, 0.6) is 11.5 Å². The van der Waals surface area contributed by atoms with Crippen molar-refractivity contribution in [3.8, 4) is 11.5 Å². The summed E-state index contributed by atoms with van der Waals surface area (Å²) < 4.78 is 46.0. The Hall–Kier alpha value is -4.69. The summed E-state index contributed by atoms with van der Waals surface area (Å²) in [4.78, 5) is 28.6. The number of nitrogen functional groups attached to an aromatic ring is 2. The van der Waals surface area contributed by atoms with Gasteiger partial charge < -0.3 is 31.4 Å². The molecule has 0 unspecified atom stereocenters. The van der Waals surface area contributed by atoms with Crippen LogP contribution in [-0.2, 0) is 4.79 Å². The van der Waals surface area contributed by atoms with Crippen LogP contribution >= 0.6 is 0 Å². The van der Waals surface area contributed by atoms with Gasteiger partial charge >= 0.3 is 12.1 Å². The molecule has 6 N–H and O–H groups in total. The lowest BCUT2D eigenvalue weighted by Crippen LogP contribution is -2.21. The van der Waals surface area contributed by atoms with Crippen LogP contribution in [-0.4, -0.2) is 62.2 Å². The van der Waals surface area contributed by atoms with Crippen LogP contribution in [0.25, 0.3) is 11.0 Å². The van der Waals surface area contributed by atoms with Crippen molar-refractivity contribution in [2.45, 2.75) is 20.0 Å². The van der Waals surface area contributed by atoms with E-state index in [0.717, 1.165) is 16.8 Å². The van der Waals surface area contributed by atoms with E-state index >= 15 is 0 Å². The first kappa shape index (κ1) is 28.5. The van der Waals surface area contributed by atoms with E-state index in [1.165, 1.54) is 0 Å². The number of nitrogens with zero attached hydrogens (tertiary/aromatic N) is 4. The van der Waals surface area contributed by atoms with Gasteiger partial charge in [-0.1, -0.05) is 0 Å². The summed E-state index contributed by atoms with van der Waals surface area (Å²) in [6.45, 7) is 4.97. The largest absolute Gasteiger partial charge is 0.494 e. The van der Waals surface area contributed by atoms with E-state index in [1.54, 1.807) is 36.1 Å². The monoisotopic (exact) mass is 525 g/mol. The van der Waals surface area contributed by atoms with Crippen molar-refractivity contribution < 1.29 is 37.3 Å². The van der Waals surface area contributed by atoms with Gasteiger partial charge in [-0.25, -0.2) is 14.8 Å². The van der Waals surface area contributed by atoms with Crippen molar-refractivity contribution in [3.05, 3.63) is 48.5 Å². The first-order valence-corrected chi connectivity index (χ1v) is 10.7. The summed E-state index contributed by atoms with van der Waals surface area (Å²) in [5.74, 6) is -0.767. The number of aliphatic carboxylic acids is 1. The van der Waals surface area contributed by atoms with Crippen molar-refractivity contribution in [2.75, 3.05) is 31.7 Å². The Labute approximate surface area is 208 Å². The molecule has 0 aliphatic rings. The van der Waals surface area contributed by atoms with Crippen molar-refractivity contribution in [3.63, 3.8) is 0 Å². The molecule has 4 aromatic heterocycles. The standard InChI is InChI=1S/C11H14N4O2.C9H11N3O.C2HF3O2/c1-3-17-9-4-7-5-14-11(12)15(7)6-8(9)10(16)13-2;1-2-13-8-3-4-12-7(5-8)6-11-9(12)10;3-2(4,5)1(6)7/h4-6H,3H2,1-2H3,(H2,12,14)(H,13,16);3-6H,2H2,1H3,(H2,10,11);(H,6,7). The highest BCUT2D eigenvalue weighted by atomic mass is 19.4. The number of halogens is 3. The molecule has 0 saturated heterocycles. The van der Waals surface area contributed by atoms with Crippen molar-refractivity contribution in [1.29, 1.82) is 0 Å². The molecular weight excluding hydrogens is 499 g/mol. The molecule has 0 fully saturated rings. The zero-order chi connectivity index (χ0) is 27.8. The fourth-order valence-electron chi connectivity index (χ4n) is 2.88. The molecule has 0 radical (unpaired) electrons. The number of nitrogens with one attached hydrogen (secondary N) is 1. The lowest BCUT2D eigenvalue weighted by molar-refractivity contribution is -0.192. The molecule has 0 aliphatic heterocycles. The van der Waals surface area contributed by atoms with Crippen LogP contribution in [0, 0.1) is 0 Å². The molecule has 0 bridgehead atoms. The number of hydrogen-bond acceptors (Lipinski definition) is 8. The SMILES string of the molecule is CCOc1cc2cnc(N)n2cc1C(=O)NC.CCOc1ccn2c(N)ncc2c1.O=C(O)C(F)(F)F. The highest BCUT2D eigenvalue weighted by molar-refractivity contribution is 5.97. The van der Waals surface area contributed by atoms with Crippen molar-refractivity contribution in [1.82, 2.24) is 24.1 Å². The minimum atomic E-state index is -5.08. The number of carbonyl (C=O) groups excluding carboxylic acids is 1. The number of hydrogen-bond donors (Lipinski definition) is 4. The highest BCUT2D eigenvalue weighted by Crippen LogP contribution is 2.23. The number of amides is 1. The fourth-order valence-corrected chi connectivity index (χ4v) is 2.88. The topological polar surface area (TPSA) is 171 Å². The molecule has 37 heavy (non-hydrogen) atoms. The van der Waals surface area contributed by atoms with Crippen molar-refractivity contribution >= 4 is 34.8 Å². The number of ether oxygens (including phenoxy) is 2. The maximum absolute atomic E-state index is 11.7. The maximum Gasteiger partial charge on any atom is 0.490 e. The molecule has 0 aromatic carbocycles. The number of carbonyl (C=O) groups is 2. The third-order valence-electron chi connectivity index (χ3n) is 4.51. The molecule has 0 atom stereocenters. The van der Waals surface area contributed by atoms with E-state index < -0.39 is 12.1 Å². The van der Waals surface area contributed by atoms with Crippen LogP contribution in [0.1, 0.15) is 24.2 Å². The Balaban J connectivity index is 0.000000213. The van der Waals surface area contributed by atoms with Gasteiger partial charge in [-0.05, 0) is 19.9 Å². The Morgan fingerprint density at radius 1 is 1.03 bits per heavy atom. The average molecular weight is 525 g/mol. The molecule has 200 valence electrons. The van der Waals surface area contributed by atoms with Gasteiger partial charge in [0.15, 0.2) is 0 Å². The predicted molar refractivity (Wildman–Crippen MR) is 129 cm³/mol. The smallest absolute Gasteiger partial charge is 0.490 e. The molecular formula is C22H26F3N7O5. The molecule has 0 saturated carbocycles. The van der Waals surface area contributed by atoms with Crippen LogP contribution in [0.2, 0.25) is 0 Å². The van der Waals surface area contributed by atoms with Gasteiger partial charge in [0, 0.05) is 31.6 Å². The molecule has 4 rings (SSSR count). The van der Waals surface area contributed by atoms with Gasteiger partial charge in [-0.3, -0.25) is 13.6 Å². The molecule has 12 nitrogen and oxygen atoms in total. The summed E-state index contributed by atoms with van der Waals surface area (Å²) in [5.41, 5.74) is 13.5. The number of nitrogens with two attached hydrogens (primary N) is 2. The van der Waals surface area contributed by atoms with E-state index in [-0.39, 0.29) is 5.91 Å². The number of carboxylic acid groups (broad SMARTS) is 1. The van der Waals surface area contributed by atoms with Crippen molar-refractivity contribution in [2.24, 2.45) is 0 Å². The molecule has 4 heterocycles. The summed E-state index contributed by atoms with van der Waals surface area (Å²) in [6.07, 6.45) is 1.74. The van der Waals surface area contributed by atoms with E-state index in [4.69, 9.17) is 30.8 Å². The van der Waals surface area contributed by atoms with E-state index in [2.05, 4.69) is 15.3 Å². The zero-order valence-electron chi connectivity index (χ0n) is 20.1. The Morgan fingerprint density at radius 2 is 1.57 bits per heavy atom. The second-order valence-corrected chi connectivity index (χ2v) is 6.98. The molecule has 15 heteroatoms. The number of aromatic nitrogens is 4. The third kappa shape index (κ3) is 7.39. The second-order valence-electron chi connectivity index (χ2n) is 6.98. The van der Waals surface area contributed by atoms with Gasteiger partial charge in [0.1, 0.15) is 11.5 Å². The summed E-state index contributed by atoms with van der Waals surface area (Å²) in [7, 11) is 1.57. The lowest BCUT2D eigenvalue weighted by atomic mass is 10.2. The quantitative estimate of drug-likeness (QED) is 0.306. The molecule has 1 amide bonds. The number of pyridine rings is 2. The highest BCUT2D eigenvalue weighted by Gasteiger charge is 2.38. The third-order valence-corrected chi connectivity index (χ3v) is 4.51. The first-order valence-electron chi connectivity index (χ1n) is 10.7. The van der Waals surface area contributed by atoms with Gasteiger partial charge in [0.05, 0.1) is 42.2 Å². The maximum atomic E-state index is 11.7. The molecule has 4 aromatic rings. The van der Waals surface area contributed by atoms with Gasteiger partial charge in [0.2, 0.25) is 11.9 Å². The normalized spacial score (nSPS) is 10.6. The summed E-state index contributed by atoms with van der Waals surface area (Å²) >= 11 is 0.